The maximum Gasteiger partial charge on any atom is 0.347 e. The van der Waals surface area contributed by atoms with Gasteiger partial charge in [-0.3, -0.25) is 0 Å². The second kappa shape index (κ2) is 6.86. The average molecular weight is 291 g/mol. The molecule has 1 aromatic rings. The first-order chi connectivity index (χ1) is 8.43. The second-order valence-corrected chi connectivity index (χ2v) is 4.81. The highest BCUT2D eigenvalue weighted by Gasteiger charge is 2.18. The molecule has 0 aliphatic rings. The third-order valence-corrected chi connectivity index (χ3v) is 3.17. The summed E-state index contributed by atoms with van der Waals surface area (Å²) in [6.45, 7) is 5.42. The van der Waals surface area contributed by atoms with E-state index in [4.69, 9.17) is 32.7 Å². The van der Waals surface area contributed by atoms with Gasteiger partial charge in [-0.15, -0.1) is 0 Å². The Morgan fingerprint density at radius 2 is 1.94 bits per heavy atom. The van der Waals surface area contributed by atoms with Gasteiger partial charge < -0.3 is 9.47 Å². The molecular formula is C13H16Cl2O3. The number of carbonyl (C=O) groups excluding carboxylic acids is 1. The third-order valence-electron chi connectivity index (χ3n) is 2.43. The van der Waals surface area contributed by atoms with Crippen LogP contribution in [0.5, 0.6) is 5.75 Å². The Balaban J connectivity index is 2.60. The minimum absolute atomic E-state index is 0.114. The van der Waals surface area contributed by atoms with Crippen LogP contribution < -0.4 is 4.74 Å². The van der Waals surface area contributed by atoms with Gasteiger partial charge in [0.1, 0.15) is 5.75 Å². The van der Waals surface area contributed by atoms with Gasteiger partial charge in [-0.25, -0.2) is 4.79 Å². The molecule has 0 N–H and O–H groups in total. The van der Waals surface area contributed by atoms with Crippen molar-refractivity contribution in [1.82, 2.24) is 0 Å². The Kier molecular flexibility index (Phi) is 5.76. The van der Waals surface area contributed by atoms with Gasteiger partial charge in [0, 0.05) is 6.07 Å². The first-order valence-corrected chi connectivity index (χ1v) is 6.51. The Bertz CT molecular complexity index is 421. The molecule has 0 spiro atoms. The highest BCUT2D eigenvalue weighted by Crippen LogP contribution is 2.26. The molecule has 0 saturated carbocycles. The van der Waals surface area contributed by atoms with E-state index in [0.717, 1.165) is 6.42 Å². The summed E-state index contributed by atoms with van der Waals surface area (Å²) in [6, 6.07) is 4.84. The molecule has 2 atom stereocenters. The normalized spacial score (nSPS) is 13.8. The fourth-order valence-corrected chi connectivity index (χ4v) is 1.47. The Hall–Kier alpha value is -0.930. The number of benzene rings is 1. The fourth-order valence-electron chi connectivity index (χ4n) is 1.18. The van der Waals surface area contributed by atoms with E-state index < -0.39 is 12.1 Å². The van der Waals surface area contributed by atoms with Crippen molar-refractivity contribution in [3.8, 4) is 5.75 Å². The number of halogens is 2. The SMILES string of the molecule is CCC(C)OC(=O)C(C)Oc1ccc(Cl)c(Cl)c1. The van der Waals surface area contributed by atoms with E-state index in [-0.39, 0.29) is 6.10 Å². The summed E-state index contributed by atoms with van der Waals surface area (Å²) in [7, 11) is 0. The number of esters is 1. The van der Waals surface area contributed by atoms with E-state index in [0.29, 0.717) is 15.8 Å². The smallest absolute Gasteiger partial charge is 0.347 e. The van der Waals surface area contributed by atoms with Crippen LogP contribution in [0.15, 0.2) is 18.2 Å². The summed E-state index contributed by atoms with van der Waals surface area (Å²) >= 11 is 11.6. The summed E-state index contributed by atoms with van der Waals surface area (Å²) in [6.07, 6.45) is -0.0285. The molecule has 0 amide bonds. The molecule has 100 valence electrons. The topological polar surface area (TPSA) is 35.5 Å². The minimum Gasteiger partial charge on any atom is -0.479 e. The largest absolute Gasteiger partial charge is 0.479 e. The molecule has 0 heterocycles. The van der Waals surface area contributed by atoms with Gasteiger partial charge in [-0.05, 0) is 32.4 Å². The molecule has 0 aromatic heterocycles. The Morgan fingerprint density at radius 1 is 1.28 bits per heavy atom. The van der Waals surface area contributed by atoms with Gasteiger partial charge in [0.15, 0.2) is 6.10 Å². The van der Waals surface area contributed by atoms with Crippen LogP contribution in [-0.2, 0) is 9.53 Å². The lowest BCUT2D eigenvalue weighted by molar-refractivity contribution is -0.155. The molecule has 0 aliphatic carbocycles. The highest BCUT2D eigenvalue weighted by atomic mass is 35.5. The monoisotopic (exact) mass is 290 g/mol. The molecular weight excluding hydrogens is 275 g/mol. The second-order valence-electron chi connectivity index (χ2n) is 3.99. The standard InChI is InChI=1S/C13H16Cl2O3/c1-4-8(2)17-13(16)9(3)18-10-5-6-11(14)12(15)7-10/h5-9H,4H2,1-3H3. The zero-order valence-corrected chi connectivity index (χ0v) is 12.1. The van der Waals surface area contributed by atoms with E-state index in [9.17, 15) is 4.79 Å². The van der Waals surface area contributed by atoms with Crippen LogP contribution in [0.25, 0.3) is 0 Å². The highest BCUT2D eigenvalue weighted by molar-refractivity contribution is 6.42. The van der Waals surface area contributed by atoms with Crippen LogP contribution in [-0.4, -0.2) is 18.2 Å². The summed E-state index contributed by atoms with van der Waals surface area (Å²) in [5, 5.41) is 0.829. The van der Waals surface area contributed by atoms with Crippen LogP contribution in [0.1, 0.15) is 27.2 Å². The van der Waals surface area contributed by atoms with Crippen molar-refractivity contribution in [3.05, 3.63) is 28.2 Å². The average Bonchev–Trinajstić information content (AvgIpc) is 2.33. The van der Waals surface area contributed by atoms with Crippen LogP contribution in [0.3, 0.4) is 0 Å². The van der Waals surface area contributed by atoms with E-state index in [1.807, 2.05) is 13.8 Å². The Morgan fingerprint density at radius 3 is 2.50 bits per heavy atom. The minimum atomic E-state index is -0.684. The fraction of sp³-hybridized carbons (Fsp3) is 0.462. The van der Waals surface area contributed by atoms with E-state index >= 15 is 0 Å². The third kappa shape index (κ3) is 4.39. The quantitative estimate of drug-likeness (QED) is 0.766. The zero-order chi connectivity index (χ0) is 13.7. The molecule has 0 saturated heterocycles. The lowest BCUT2D eigenvalue weighted by Gasteiger charge is -2.17. The maximum absolute atomic E-state index is 11.7. The lowest BCUT2D eigenvalue weighted by atomic mass is 10.3. The summed E-state index contributed by atoms with van der Waals surface area (Å²) in [5.74, 6) is 0.0911. The molecule has 3 nitrogen and oxygen atoms in total. The first-order valence-electron chi connectivity index (χ1n) is 5.76. The Labute approximate surface area is 117 Å². The molecule has 0 fully saturated rings. The van der Waals surface area contributed by atoms with Crippen molar-refractivity contribution in [2.45, 2.75) is 39.4 Å². The number of rotatable bonds is 5. The summed E-state index contributed by atoms with van der Waals surface area (Å²) in [5.41, 5.74) is 0. The van der Waals surface area contributed by atoms with Crippen molar-refractivity contribution >= 4 is 29.2 Å². The van der Waals surface area contributed by atoms with Crippen LogP contribution in [0, 0.1) is 0 Å². The first kappa shape index (κ1) is 15.1. The number of hydrogen-bond donors (Lipinski definition) is 0. The van der Waals surface area contributed by atoms with E-state index in [1.165, 1.54) is 0 Å². The number of hydrogen-bond acceptors (Lipinski definition) is 3. The van der Waals surface area contributed by atoms with Gasteiger partial charge in [-0.1, -0.05) is 30.1 Å². The molecule has 0 aliphatic heterocycles. The lowest BCUT2D eigenvalue weighted by Crippen LogP contribution is -2.29. The summed E-state index contributed by atoms with van der Waals surface area (Å²) < 4.78 is 10.6. The van der Waals surface area contributed by atoms with Crippen molar-refractivity contribution < 1.29 is 14.3 Å². The van der Waals surface area contributed by atoms with Gasteiger partial charge in [0.2, 0.25) is 0 Å². The van der Waals surface area contributed by atoms with Gasteiger partial charge in [0.05, 0.1) is 16.1 Å². The van der Waals surface area contributed by atoms with E-state index in [1.54, 1.807) is 25.1 Å². The zero-order valence-electron chi connectivity index (χ0n) is 10.6. The molecule has 1 aromatic carbocycles. The molecule has 2 unspecified atom stereocenters. The van der Waals surface area contributed by atoms with Crippen LogP contribution in [0.4, 0.5) is 0 Å². The molecule has 0 bridgehead atoms. The number of ether oxygens (including phenoxy) is 2. The van der Waals surface area contributed by atoms with Crippen molar-refractivity contribution in [3.63, 3.8) is 0 Å². The van der Waals surface area contributed by atoms with Gasteiger partial charge in [-0.2, -0.15) is 0 Å². The van der Waals surface area contributed by atoms with E-state index in [2.05, 4.69) is 0 Å². The summed E-state index contributed by atoms with van der Waals surface area (Å²) in [4.78, 5) is 11.7. The predicted molar refractivity (Wildman–Crippen MR) is 72.4 cm³/mol. The molecule has 5 heteroatoms. The molecule has 1 rings (SSSR count). The van der Waals surface area contributed by atoms with Gasteiger partial charge in [0.25, 0.3) is 0 Å². The van der Waals surface area contributed by atoms with Gasteiger partial charge >= 0.3 is 5.97 Å². The maximum atomic E-state index is 11.7. The van der Waals surface area contributed by atoms with Crippen LogP contribution >= 0.6 is 23.2 Å². The molecule has 0 radical (unpaired) electrons. The molecule has 18 heavy (non-hydrogen) atoms. The predicted octanol–water partition coefficient (Wildman–Crippen LogP) is 4.10. The van der Waals surface area contributed by atoms with Crippen molar-refractivity contribution in [2.24, 2.45) is 0 Å². The van der Waals surface area contributed by atoms with Crippen molar-refractivity contribution in [1.29, 1.82) is 0 Å². The van der Waals surface area contributed by atoms with Crippen LogP contribution in [0.2, 0.25) is 10.0 Å². The van der Waals surface area contributed by atoms with Crippen molar-refractivity contribution in [2.75, 3.05) is 0 Å². The number of carbonyl (C=O) groups is 1.